The molecule has 7 heteroatoms. The van der Waals surface area contributed by atoms with Gasteiger partial charge in [0.15, 0.2) is 5.76 Å². The number of furan rings is 1. The van der Waals surface area contributed by atoms with Crippen molar-refractivity contribution in [2.45, 2.75) is 12.8 Å². The van der Waals surface area contributed by atoms with Crippen molar-refractivity contribution >= 4 is 17.5 Å². The van der Waals surface area contributed by atoms with E-state index >= 15 is 0 Å². The molecule has 28 heavy (non-hydrogen) atoms. The molecule has 6 nitrogen and oxygen atoms in total. The van der Waals surface area contributed by atoms with E-state index in [-0.39, 0.29) is 23.5 Å². The molecule has 0 atom stereocenters. The summed E-state index contributed by atoms with van der Waals surface area (Å²) in [6, 6.07) is 9.85. The minimum Gasteiger partial charge on any atom is -0.459 e. The van der Waals surface area contributed by atoms with Crippen LogP contribution in [0, 0.1) is 11.7 Å². The average molecular weight is 385 g/mol. The molecule has 0 bridgehead atoms. The summed E-state index contributed by atoms with van der Waals surface area (Å²) in [5.41, 5.74) is 0.984. The Kier molecular flexibility index (Phi) is 5.32. The lowest BCUT2D eigenvalue weighted by atomic mass is 9.94. The number of halogens is 1. The highest BCUT2D eigenvalue weighted by molar-refractivity contribution is 5.91. The Labute approximate surface area is 163 Å². The van der Waals surface area contributed by atoms with Crippen LogP contribution in [-0.4, -0.2) is 60.9 Å². The van der Waals surface area contributed by atoms with Crippen molar-refractivity contribution in [3.8, 4) is 0 Å². The van der Waals surface area contributed by atoms with Crippen LogP contribution in [0.4, 0.5) is 10.1 Å². The van der Waals surface area contributed by atoms with Gasteiger partial charge in [-0.3, -0.25) is 9.59 Å². The first-order chi connectivity index (χ1) is 13.6. The van der Waals surface area contributed by atoms with Crippen molar-refractivity contribution in [1.29, 1.82) is 0 Å². The topological polar surface area (TPSA) is 57.0 Å². The monoisotopic (exact) mass is 385 g/mol. The fourth-order valence-electron chi connectivity index (χ4n) is 3.98. The van der Waals surface area contributed by atoms with Gasteiger partial charge in [-0.1, -0.05) is 0 Å². The molecule has 0 spiro atoms. The van der Waals surface area contributed by atoms with Crippen LogP contribution in [0.25, 0.3) is 0 Å². The van der Waals surface area contributed by atoms with Gasteiger partial charge in [-0.05, 0) is 49.2 Å². The molecule has 0 saturated carbocycles. The fraction of sp³-hybridized carbons (Fsp3) is 0.429. The maximum Gasteiger partial charge on any atom is 0.289 e. The van der Waals surface area contributed by atoms with E-state index in [1.807, 2.05) is 4.90 Å². The fourth-order valence-corrected chi connectivity index (χ4v) is 3.98. The Bertz CT molecular complexity index is 806. The number of carbonyl (C=O) groups is 2. The summed E-state index contributed by atoms with van der Waals surface area (Å²) in [7, 11) is 0. The molecular formula is C21H24FN3O3. The van der Waals surface area contributed by atoms with E-state index in [0.717, 1.165) is 18.8 Å². The Morgan fingerprint density at radius 3 is 2.18 bits per heavy atom. The van der Waals surface area contributed by atoms with Gasteiger partial charge >= 0.3 is 0 Å². The first-order valence-electron chi connectivity index (χ1n) is 9.74. The third-order valence-corrected chi connectivity index (χ3v) is 5.65. The van der Waals surface area contributed by atoms with Gasteiger partial charge in [-0.15, -0.1) is 0 Å². The molecule has 2 fully saturated rings. The summed E-state index contributed by atoms with van der Waals surface area (Å²) < 4.78 is 18.3. The standard InChI is InChI=1S/C21H24FN3O3/c22-17-3-5-18(6-4-17)23-11-13-25(14-12-23)20(26)16-7-9-24(10-8-16)21(27)19-2-1-15-28-19/h1-6,15-16H,7-14H2. The zero-order valence-corrected chi connectivity index (χ0v) is 15.7. The second-order valence-electron chi connectivity index (χ2n) is 7.33. The highest BCUT2D eigenvalue weighted by atomic mass is 19.1. The lowest BCUT2D eigenvalue weighted by Gasteiger charge is -2.39. The molecule has 4 rings (SSSR count). The van der Waals surface area contributed by atoms with Crippen LogP contribution in [0.3, 0.4) is 0 Å². The smallest absolute Gasteiger partial charge is 0.289 e. The first kappa shape index (κ1) is 18.5. The minimum atomic E-state index is -0.241. The molecule has 2 aliphatic heterocycles. The van der Waals surface area contributed by atoms with Gasteiger partial charge < -0.3 is 19.1 Å². The number of carbonyl (C=O) groups excluding carboxylic acids is 2. The van der Waals surface area contributed by atoms with Crippen molar-refractivity contribution < 1.29 is 18.4 Å². The van der Waals surface area contributed by atoms with Crippen LogP contribution >= 0.6 is 0 Å². The number of rotatable bonds is 3. The maximum absolute atomic E-state index is 13.1. The lowest BCUT2D eigenvalue weighted by Crippen LogP contribution is -2.52. The highest BCUT2D eigenvalue weighted by Crippen LogP contribution is 2.23. The number of hydrogen-bond acceptors (Lipinski definition) is 4. The molecule has 148 valence electrons. The number of anilines is 1. The third-order valence-electron chi connectivity index (χ3n) is 5.65. The van der Waals surface area contributed by atoms with E-state index in [1.54, 1.807) is 29.2 Å². The van der Waals surface area contributed by atoms with Gasteiger partial charge in [0.25, 0.3) is 5.91 Å². The predicted octanol–water partition coefficient (Wildman–Crippen LogP) is 2.62. The van der Waals surface area contributed by atoms with Crippen LogP contribution in [-0.2, 0) is 4.79 Å². The molecular weight excluding hydrogens is 361 g/mol. The number of piperazine rings is 1. The summed E-state index contributed by atoms with van der Waals surface area (Å²) in [6.45, 7) is 3.97. The number of likely N-dealkylation sites (tertiary alicyclic amines) is 1. The zero-order valence-electron chi connectivity index (χ0n) is 15.7. The van der Waals surface area contributed by atoms with Crippen molar-refractivity contribution in [2.75, 3.05) is 44.2 Å². The molecule has 0 radical (unpaired) electrons. The summed E-state index contributed by atoms with van der Waals surface area (Å²) in [5.74, 6) is 0.154. The molecule has 0 unspecified atom stereocenters. The van der Waals surface area contributed by atoms with Crippen LogP contribution in [0.1, 0.15) is 23.4 Å². The first-order valence-corrected chi connectivity index (χ1v) is 9.74. The van der Waals surface area contributed by atoms with Crippen molar-refractivity contribution in [3.63, 3.8) is 0 Å². The second kappa shape index (κ2) is 8.04. The Hall–Kier alpha value is -2.83. The summed E-state index contributed by atoms with van der Waals surface area (Å²) >= 11 is 0. The van der Waals surface area contributed by atoms with Crippen LogP contribution < -0.4 is 4.90 Å². The molecule has 2 aliphatic rings. The quantitative estimate of drug-likeness (QED) is 0.815. The Morgan fingerprint density at radius 2 is 1.57 bits per heavy atom. The third kappa shape index (κ3) is 3.88. The Balaban J connectivity index is 1.27. The number of benzene rings is 1. The average Bonchev–Trinajstić information content (AvgIpc) is 3.28. The lowest BCUT2D eigenvalue weighted by molar-refractivity contribution is -0.137. The van der Waals surface area contributed by atoms with Gasteiger partial charge in [-0.25, -0.2) is 4.39 Å². The predicted molar refractivity (Wildman–Crippen MR) is 103 cm³/mol. The van der Waals surface area contributed by atoms with Crippen molar-refractivity contribution in [1.82, 2.24) is 9.80 Å². The number of nitrogens with zero attached hydrogens (tertiary/aromatic N) is 3. The normalized spacial score (nSPS) is 18.4. The molecule has 3 heterocycles. The maximum atomic E-state index is 13.1. The summed E-state index contributed by atoms with van der Waals surface area (Å²) in [5, 5.41) is 0. The molecule has 2 amide bonds. The molecule has 2 saturated heterocycles. The van der Waals surface area contributed by atoms with Crippen molar-refractivity contribution in [3.05, 3.63) is 54.2 Å². The SMILES string of the molecule is O=C(c1ccco1)N1CCC(C(=O)N2CCN(c3ccc(F)cc3)CC2)CC1. The van der Waals surface area contributed by atoms with Gasteiger partial charge in [0.1, 0.15) is 5.82 Å². The zero-order chi connectivity index (χ0) is 19.5. The van der Waals surface area contributed by atoms with Gasteiger partial charge in [0.2, 0.25) is 5.91 Å². The molecule has 1 aromatic carbocycles. The molecule has 1 aromatic heterocycles. The number of hydrogen-bond donors (Lipinski definition) is 0. The van der Waals surface area contributed by atoms with E-state index < -0.39 is 0 Å². The molecule has 2 aromatic rings. The number of piperidine rings is 1. The molecule has 0 N–H and O–H groups in total. The highest BCUT2D eigenvalue weighted by Gasteiger charge is 2.32. The van der Waals surface area contributed by atoms with Crippen LogP contribution in [0.2, 0.25) is 0 Å². The second-order valence-corrected chi connectivity index (χ2v) is 7.33. The van der Waals surface area contributed by atoms with E-state index in [1.165, 1.54) is 18.4 Å². The van der Waals surface area contributed by atoms with Gasteiger partial charge in [0.05, 0.1) is 6.26 Å². The van der Waals surface area contributed by atoms with Gasteiger partial charge in [-0.2, -0.15) is 0 Å². The summed E-state index contributed by atoms with van der Waals surface area (Å²) in [4.78, 5) is 31.1. The largest absolute Gasteiger partial charge is 0.459 e. The Morgan fingerprint density at radius 1 is 0.893 bits per heavy atom. The molecule has 0 aliphatic carbocycles. The van der Waals surface area contributed by atoms with Crippen LogP contribution in [0.15, 0.2) is 47.1 Å². The van der Waals surface area contributed by atoms with Gasteiger partial charge in [0, 0.05) is 50.9 Å². The number of amides is 2. The summed E-state index contributed by atoms with van der Waals surface area (Å²) in [6.07, 6.45) is 2.86. The van der Waals surface area contributed by atoms with Crippen LogP contribution in [0.5, 0.6) is 0 Å². The van der Waals surface area contributed by atoms with E-state index in [2.05, 4.69) is 4.90 Å². The van der Waals surface area contributed by atoms with E-state index in [0.29, 0.717) is 44.8 Å². The van der Waals surface area contributed by atoms with E-state index in [9.17, 15) is 14.0 Å². The van der Waals surface area contributed by atoms with E-state index in [4.69, 9.17) is 4.42 Å². The minimum absolute atomic E-state index is 0.0296. The van der Waals surface area contributed by atoms with Crippen molar-refractivity contribution in [2.24, 2.45) is 5.92 Å².